The molecular formula is C22H28FN2O2S+. The maximum absolute atomic E-state index is 13.3. The quantitative estimate of drug-likeness (QED) is 0.772. The molecule has 150 valence electrons. The van der Waals surface area contributed by atoms with Crippen LogP contribution in [0.4, 0.5) is 4.39 Å². The third kappa shape index (κ3) is 5.06. The van der Waals surface area contributed by atoms with Crippen molar-refractivity contribution in [2.24, 2.45) is 0 Å². The maximum atomic E-state index is 13.3. The van der Waals surface area contributed by atoms with Crippen molar-refractivity contribution in [3.63, 3.8) is 0 Å². The minimum Gasteiger partial charge on any atom is -0.497 e. The first kappa shape index (κ1) is 20.7. The predicted molar refractivity (Wildman–Crippen MR) is 111 cm³/mol. The van der Waals surface area contributed by atoms with Gasteiger partial charge < -0.3 is 14.5 Å². The lowest BCUT2D eigenvalue weighted by Crippen LogP contribution is -3.14. The lowest BCUT2D eigenvalue weighted by molar-refractivity contribution is -0.927. The largest absolute Gasteiger partial charge is 0.497 e. The smallest absolute Gasteiger partial charge is 0.278 e. The lowest BCUT2D eigenvalue weighted by atomic mass is 10.1. The molecule has 6 heteroatoms. The second kappa shape index (κ2) is 9.43. The zero-order chi connectivity index (χ0) is 20.1. The summed E-state index contributed by atoms with van der Waals surface area (Å²) in [5.74, 6) is 1.63. The van der Waals surface area contributed by atoms with E-state index in [1.54, 1.807) is 31.0 Å². The normalized spacial score (nSPS) is 17.8. The summed E-state index contributed by atoms with van der Waals surface area (Å²) in [6.45, 7) is 6.21. The van der Waals surface area contributed by atoms with E-state index in [0.717, 1.165) is 35.7 Å². The topological polar surface area (TPSA) is 34.0 Å². The van der Waals surface area contributed by atoms with Crippen molar-refractivity contribution in [3.8, 4) is 5.75 Å². The molecule has 1 heterocycles. The van der Waals surface area contributed by atoms with Crippen molar-refractivity contribution in [2.45, 2.75) is 31.8 Å². The highest BCUT2D eigenvalue weighted by atomic mass is 32.2. The average Bonchev–Trinajstić information content (AvgIpc) is 3.18. The Hall–Kier alpha value is -2.05. The Morgan fingerprint density at radius 1 is 1.29 bits per heavy atom. The Morgan fingerprint density at radius 2 is 2.04 bits per heavy atom. The van der Waals surface area contributed by atoms with Crippen LogP contribution in [0.15, 0.2) is 48.5 Å². The number of ether oxygens (including phenoxy) is 1. The monoisotopic (exact) mass is 403 g/mol. The zero-order valence-corrected chi connectivity index (χ0v) is 17.5. The van der Waals surface area contributed by atoms with E-state index in [2.05, 4.69) is 19.9 Å². The molecule has 0 radical (unpaired) electrons. The molecule has 1 aliphatic rings. The molecule has 1 aliphatic heterocycles. The van der Waals surface area contributed by atoms with Crippen LogP contribution in [-0.4, -0.2) is 42.8 Å². The second-order valence-electron chi connectivity index (χ2n) is 7.38. The zero-order valence-electron chi connectivity index (χ0n) is 16.7. The van der Waals surface area contributed by atoms with Crippen LogP contribution in [0, 0.1) is 5.82 Å². The van der Waals surface area contributed by atoms with Gasteiger partial charge in [-0.2, -0.15) is 0 Å². The van der Waals surface area contributed by atoms with Gasteiger partial charge in [-0.15, -0.1) is 11.8 Å². The second-order valence-corrected chi connectivity index (χ2v) is 8.57. The number of carbonyl (C=O) groups is 1. The van der Waals surface area contributed by atoms with Crippen molar-refractivity contribution in [1.29, 1.82) is 0 Å². The van der Waals surface area contributed by atoms with Gasteiger partial charge in [-0.1, -0.05) is 24.3 Å². The van der Waals surface area contributed by atoms with Crippen molar-refractivity contribution in [2.75, 3.05) is 26.0 Å². The Morgan fingerprint density at radius 3 is 2.71 bits per heavy atom. The molecule has 4 nitrogen and oxygen atoms in total. The molecule has 0 spiro atoms. The first-order valence-electron chi connectivity index (χ1n) is 9.62. The molecule has 2 atom stereocenters. The fourth-order valence-corrected chi connectivity index (χ4v) is 4.72. The van der Waals surface area contributed by atoms with Gasteiger partial charge in [0.1, 0.15) is 23.5 Å². The van der Waals surface area contributed by atoms with Crippen molar-refractivity contribution in [3.05, 3.63) is 65.5 Å². The predicted octanol–water partition coefficient (Wildman–Crippen LogP) is 2.90. The number of nitrogens with zero attached hydrogens (tertiary/aromatic N) is 1. The molecular weight excluding hydrogens is 375 g/mol. The van der Waals surface area contributed by atoms with Gasteiger partial charge in [-0.05, 0) is 43.7 Å². The molecule has 0 bridgehead atoms. The van der Waals surface area contributed by atoms with E-state index in [9.17, 15) is 9.18 Å². The van der Waals surface area contributed by atoms with Gasteiger partial charge in [0, 0.05) is 17.9 Å². The van der Waals surface area contributed by atoms with E-state index in [0.29, 0.717) is 12.6 Å². The van der Waals surface area contributed by atoms with Gasteiger partial charge >= 0.3 is 0 Å². The summed E-state index contributed by atoms with van der Waals surface area (Å²) < 4.78 is 18.6. The number of nitrogens with one attached hydrogen (secondary N) is 1. The molecule has 1 amide bonds. The molecule has 28 heavy (non-hydrogen) atoms. The summed E-state index contributed by atoms with van der Waals surface area (Å²) in [5.41, 5.74) is 2.14. The minimum atomic E-state index is -0.252. The third-order valence-electron chi connectivity index (χ3n) is 5.13. The number of halogens is 1. The highest BCUT2D eigenvalue weighted by molar-refractivity contribution is 7.99. The van der Waals surface area contributed by atoms with Gasteiger partial charge in [0.2, 0.25) is 0 Å². The van der Waals surface area contributed by atoms with E-state index in [1.807, 2.05) is 23.1 Å². The van der Waals surface area contributed by atoms with E-state index < -0.39 is 0 Å². The van der Waals surface area contributed by atoms with E-state index in [1.165, 1.54) is 17.0 Å². The van der Waals surface area contributed by atoms with Crippen molar-refractivity contribution < 1.29 is 18.8 Å². The average molecular weight is 404 g/mol. The molecule has 1 unspecified atom stereocenters. The van der Waals surface area contributed by atoms with E-state index >= 15 is 0 Å². The summed E-state index contributed by atoms with van der Waals surface area (Å²) in [7, 11) is 1.66. The Kier molecular flexibility index (Phi) is 6.97. The SMILES string of the molecule is COc1cccc(C[NH+](CC(=O)N2CCS[C@@H]2c2ccc(F)cc2)C(C)C)c1. The fraction of sp³-hybridized carbons (Fsp3) is 0.409. The first-order valence-corrected chi connectivity index (χ1v) is 10.7. The number of hydrogen-bond donors (Lipinski definition) is 1. The maximum Gasteiger partial charge on any atom is 0.278 e. The molecule has 2 aromatic rings. The van der Waals surface area contributed by atoms with Crippen LogP contribution in [0.1, 0.15) is 30.3 Å². The number of quaternary nitrogens is 1. The van der Waals surface area contributed by atoms with Gasteiger partial charge in [0.05, 0.1) is 13.2 Å². The number of thioether (sulfide) groups is 1. The van der Waals surface area contributed by atoms with Crippen molar-refractivity contribution in [1.82, 2.24) is 4.90 Å². The molecule has 2 aromatic carbocycles. The molecule has 0 aliphatic carbocycles. The van der Waals surface area contributed by atoms with Gasteiger partial charge in [0.15, 0.2) is 6.54 Å². The molecule has 1 fully saturated rings. The lowest BCUT2D eigenvalue weighted by Gasteiger charge is -2.28. The Labute approximate surface area is 170 Å². The Balaban J connectivity index is 1.70. The number of rotatable bonds is 7. The number of methoxy groups -OCH3 is 1. The molecule has 1 saturated heterocycles. The minimum absolute atomic E-state index is 0.0293. The van der Waals surface area contributed by atoms with Crippen LogP contribution in [0.3, 0.4) is 0 Å². The highest BCUT2D eigenvalue weighted by Crippen LogP contribution is 2.37. The molecule has 0 aromatic heterocycles. The van der Waals surface area contributed by atoms with Crippen LogP contribution in [0.25, 0.3) is 0 Å². The van der Waals surface area contributed by atoms with E-state index in [-0.39, 0.29) is 17.1 Å². The van der Waals surface area contributed by atoms with Gasteiger partial charge in [-0.25, -0.2) is 4.39 Å². The van der Waals surface area contributed by atoms with Gasteiger partial charge in [0.25, 0.3) is 5.91 Å². The Bertz CT molecular complexity index is 797. The summed E-state index contributed by atoms with van der Waals surface area (Å²) in [6.07, 6.45) is 0. The first-order chi connectivity index (χ1) is 13.5. The number of amides is 1. The van der Waals surface area contributed by atoms with Crippen LogP contribution in [0.5, 0.6) is 5.75 Å². The number of hydrogen-bond acceptors (Lipinski definition) is 3. The van der Waals surface area contributed by atoms with Crippen molar-refractivity contribution >= 4 is 17.7 Å². The highest BCUT2D eigenvalue weighted by Gasteiger charge is 2.33. The number of carbonyl (C=O) groups excluding carboxylic acids is 1. The molecule has 3 rings (SSSR count). The third-order valence-corrected chi connectivity index (χ3v) is 6.39. The summed E-state index contributed by atoms with van der Waals surface area (Å²) in [5, 5.41) is -0.0293. The van der Waals surface area contributed by atoms with Crippen LogP contribution >= 0.6 is 11.8 Å². The van der Waals surface area contributed by atoms with Crippen LogP contribution < -0.4 is 9.64 Å². The van der Waals surface area contributed by atoms with Gasteiger partial charge in [-0.3, -0.25) is 4.79 Å². The molecule has 1 N–H and O–H groups in total. The summed E-state index contributed by atoms with van der Waals surface area (Å²) >= 11 is 1.74. The standard InChI is InChI=1S/C22H27FN2O2S/c1-16(2)24(14-17-5-4-6-20(13-17)27-3)15-21(26)25-11-12-28-22(25)18-7-9-19(23)10-8-18/h4-10,13,16,22H,11-12,14-15H2,1-3H3/p+1/t22-/m1/s1. The van der Waals surface area contributed by atoms with Crippen LogP contribution in [-0.2, 0) is 11.3 Å². The summed E-state index contributed by atoms with van der Waals surface area (Å²) in [4.78, 5) is 16.3. The number of benzene rings is 2. The fourth-order valence-electron chi connectivity index (χ4n) is 3.44. The summed E-state index contributed by atoms with van der Waals surface area (Å²) in [6, 6.07) is 14.8. The van der Waals surface area contributed by atoms with Crippen LogP contribution in [0.2, 0.25) is 0 Å². The van der Waals surface area contributed by atoms with E-state index in [4.69, 9.17) is 4.74 Å². The molecule has 0 saturated carbocycles.